The summed E-state index contributed by atoms with van der Waals surface area (Å²) < 4.78 is 14.1. The van der Waals surface area contributed by atoms with Crippen LogP contribution in [0.15, 0.2) is 48.9 Å². The first kappa shape index (κ1) is 19.7. The van der Waals surface area contributed by atoms with E-state index in [-0.39, 0.29) is 17.6 Å². The number of pyridine rings is 1. The van der Waals surface area contributed by atoms with Crippen LogP contribution in [0.4, 0.5) is 15.8 Å². The third kappa shape index (κ3) is 4.02. The smallest absolute Gasteiger partial charge is 0.227 e. The number of nitrogens with zero attached hydrogens (tertiary/aromatic N) is 6. The van der Waals surface area contributed by atoms with Crippen LogP contribution in [0.1, 0.15) is 12.8 Å². The number of piperidine rings is 1. The number of amides is 1. The summed E-state index contributed by atoms with van der Waals surface area (Å²) >= 11 is 0. The Hall–Kier alpha value is -3.29. The van der Waals surface area contributed by atoms with Gasteiger partial charge in [-0.25, -0.2) is 14.4 Å². The maximum Gasteiger partial charge on any atom is 0.227 e. The van der Waals surface area contributed by atoms with Crippen molar-refractivity contribution in [2.75, 3.05) is 49.1 Å². The summed E-state index contributed by atoms with van der Waals surface area (Å²) in [5.41, 5.74) is 2.99. The van der Waals surface area contributed by atoms with E-state index in [1.54, 1.807) is 24.5 Å². The number of aromatic nitrogens is 3. The van der Waals surface area contributed by atoms with Gasteiger partial charge in [-0.3, -0.25) is 9.78 Å². The molecule has 2 aliphatic heterocycles. The normalized spacial score (nSPS) is 19.6. The number of rotatable bonds is 3. The predicted octanol–water partition coefficient (Wildman–Crippen LogP) is 2.73. The molecule has 0 spiro atoms. The van der Waals surface area contributed by atoms with E-state index in [2.05, 4.69) is 19.9 Å². The molecule has 0 N–H and O–H groups in total. The molecule has 1 aromatic carbocycles. The molecule has 2 aliphatic rings. The second kappa shape index (κ2) is 8.45. The maximum atomic E-state index is 14.1. The second-order valence-corrected chi connectivity index (χ2v) is 8.14. The molecule has 0 aliphatic carbocycles. The Kier molecular flexibility index (Phi) is 5.36. The number of carbonyl (C=O) groups excluding carboxylic acids is 1. The monoisotopic (exact) mass is 420 g/mol. The maximum absolute atomic E-state index is 14.1. The molecule has 3 aromatic rings. The zero-order valence-corrected chi connectivity index (χ0v) is 17.3. The van der Waals surface area contributed by atoms with Crippen molar-refractivity contribution in [1.82, 2.24) is 19.9 Å². The lowest BCUT2D eigenvalue weighted by Crippen LogP contribution is -2.52. The summed E-state index contributed by atoms with van der Waals surface area (Å²) in [4.78, 5) is 32.4. The lowest BCUT2D eigenvalue weighted by molar-refractivity contribution is -0.136. The number of fused-ring (bicyclic) bond motifs is 1. The van der Waals surface area contributed by atoms with Gasteiger partial charge in [0.2, 0.25) is 5.91 Å². The minimum absolute atomic E-state index is 0.0358. The Morgan fingerprint density at radius 3 is 2.61 bits per heavy atom. The topological polar surface area (TPSA) is 65.5 Å². The molecule has 4 heterocycles. The van der Waals surface area contributed by atoms with Crippen molar-refractivity contribution in [3.63, 3.8) is 0 Å². The van der Waals surface area contributed by atoms with Crippen molar-refractivity contribution in [2.45, 2.75) is 12.8 Å². The lowest BCUT2D eigenvalue weighted by Gasteiger charge is -2.40. The van der Waals surface area contributed by atoms with Crippen LogP contribution in [-0.2, 0) is 4.79 Å². The van der Waals surface area contributed by atoms with Crippen LogP contribution < -0.4 is 9.80 Å². The molecule has 0 bridgehead atoms. The van der Waals surface area contributed by atoms with Gasteiger partial charge in [0.25, 0.3) is 0 Å². The minimum atomic E-state index is -0.209. The Morgan fingerprint density at radius 2 is 1.77 bits per heavy atom. The predicted molar refractivity (Wildman–Crippen MR) is 117 cm³/mol. The van der Waals surface area contributed by atoms with Gasteiger partial charge in [0.05, 0.1) is 23.5 Å². The summed E-state index contributed by atoms with van der Waals surface area (Å²) in [6.07, 6.45) is 6.97. The molecule has 1 amide bonds. The molecule has 0 unspecified atom stereocenters. The molecule has 0 saturated carbocycles. The van der Waals surface area contributed by atoms with Gasteiger partial charge in [-0.1, -0.05) is 12.1 Å². The molecule has 2 aromatic heterocycles. The SMILES string of the molecule is O=C([C@H]1CCCN(c2cnc3nccnc3c2)C1)N1CCN(c2ccccc2F)CC1. The zero-order valence-electron chi connectivity index (χ0n) is 17.3. The van der Waals surface area contributed by atoms with Gasteiger partial charge in [-0.15, -0.1) is 0 Å². The van der Waals surface area contributed by atoms with Gasteiger partial charge in [0.1, 0.15) is 11.3 Å². The van der Waals surface area contributed by atoms with E-state index in [0.717, 1.165) is 30.6 Å². The van der Waals surface area contributed by atoms with Crippen LogP contribution in [0.25, 0.3) is 11.2 Å². The molecule has 2 fully saturated rings. The molecular weight excluding hydrogens is 395 g/mol. The molecule has 31 heavy (non-hydrogen) atoms. The van der Waals surface area contributed by atoms with Crippen LogP contribution in [-0.4, -0.2) is 65.0 Å². The van der Waals surface area contributed by atoms with Crippen molar-refractivity contribution >= 4 is 28.4 Å². The number of para-hydroxylation sites is 1. The summed E-state index contributed by atoms with van der Waals surface area (Å²) in [5, 5.41) is 0. The summed E-state index contributed by atoms with van der Waals surface area (Å²) in [6, 6.07) is 8.82. The van der Waals surface area contributed by atoms with Crippen LogP contribution in [0, 0.1) is 11.7 Å². The Morgan fingerprint density at radius 1 is 0.968 bits per heavy atom. The van der Waals surface area contributed by atoms with Crippen LogP contribution in [0.5, 0.6) is 0 Å². The van der Waals surface area contributed by atoms with Crippen molar-refractivity contribution in [1.29, 1.82) is 0 Å². The van der Waals surface area contributed by atoms with Crippen molar-refractivity contribution in [2.24, 2.45) is 5.92 Å². The first-order valence-corrected chi connectivity index (χ1v) is 10.8. The number of halogens is 1. The number of benzene rings is 1. The quantitative estimate of drug-likeness (QED) is 0.649. The molecule has 160 valence electrons. The molecule has 5 rings (SSSR count). The fraction of sp³-hybridized carbons (Fsp3) is 0.391. The van der Waals surface area contributed by atoms with Gasteiger partial charge < -0.3 is 14.7 Å². The van der Waals surface area contributed by atoms with Gasteiger partial charge in [0.15, 0.2) is 5.65 Å². The number of hydrogen-bond acceptors (Lipinski definition) is 6. The number of anilines is 2. The highest BCUT2D eigenvalue weighted by atomic mass is 19.1. The van der Waals surface area contributed by atoms with Gasteiger partial charge in [-0.2, -0.15) is 0 Å². The summed E-state index contributed by atoms with van der Waals surface area (Å²) in [5.74, 6) is -0.0448. The number of piperazine rings is 1. The number of hydrogen-bond donors (Lipinski definition) is 0. The third-order valence-corrected chi connectivity index (χ3v) is 6.23. The number of carbonyl (C=O) groups is 1. The van der Waals surface area contributed by atoms with Gasteiger partial charge >= 0.3 is 0 Å². The van der Waals surface area contributed by atoms with E-state index in [0.29, 0.717) is 44.1 Å². The molecule has 7 nitrogen and oxygen atoms in total. The van der Waals surface area contributed by atoms with E-state index in [1.165, 1.54) is 6.07 Å². The van der Waals surface area contributed by atoms with Crippen molar-refractivity contribution in [3.8, 4) is 0 Å². The van der Waals surface area contributed by atoms with Crippen molar-refractivity contribution in [3.05, 3.63) is 54.7 Å². The average Bonchev–Trinajstić information content (AvgIpc) is 2.84. The third-order valence-electron chi connectivity index (χ3n) is 6.23. The highest BCUT2D eigenvalue weighted by Crippen LogP contribution is 2.26. The highest BCUT2D eigenvalue weighted by Gasteiger charge is 2.31. The fourth-order valence-electron chi connectivity index (χ4n) is 4.57. The zero-order chi connectivity index (χ0) is 21.2. The largest absolute Gasteiger partial charge is 0.369 e. The average molecular weight is 420 g/mol. The molecule has 2 saturated heterocycles. The van der Waals surface area contributed by atoms with E-state index in [9.17, 15) is 9.18 Å². The molecule has 0 radical (unpaired) electrons. The summed E-state index contributed by atoms with van der Waals surface area (Å²) in [6.45, 7) is 4.12. The summed E-state index contributed by atoms with van der Waals surface area (Å²) in [7, 11) is 0. The van der Waals surface area contributed by atoms with Gasteiger partial charge in [0, 0.05) is 51.7 Å². The Balaban J connectivity index is 1.23. The lowest BCUT2D eigenvalue weighted by atomic mass is 9.95. The molecule has 1 atom stereocenters. The van der Waals surface area contributed by atoms with Crippen LogP contribution in [0.2, 0.25) is 0 Å². The fourth-order valence-corrected chi connectivity index (χ4v) is 4.57. The Bertz CT molecular complexity index is 1080. The van der Waals surface area contributed by atoms with Crippen molar-refractivity contribution < 1.29 is 9.18 Å². The van der Waals surface area contributed by atoms with Crippen LogP contribution >= 0.6 is 0 Å². The minimum Gasteiger partial charge on any atom is -0.369 e. The second-order valence-electron chi connectivity index (χ2n) is 8.14. The standard InChI is InChI=1S/C23H25FN6O/c24-19-5-1-2-6-21(19)28-10-12-29(13-11-28)23(31)17-4-3-9-30(16-17)18-14-20-22(27-15-18)26-8-7-25-20/h1-2,5-8,14-15,17H,3-4,9-13,16H2/t17-/m0/s1. The van der Waals surface area contributed by atoms with Crippen LogP contribution in [0.3, 0.4) is 0 Å². The van der Waals surface area contributed by atoms with E-state index >= 15 is 0 Å². The molecule has 8 heteroatoms. The van der Waals surface area contributed by atoms with E-state index < -0.39 is 0 Å². The first-order valence-electron chi connectivity index (χ1n) is 10.8. The Labute approximate surface area is 180 Å². The van der Waals surface area contributed by atoms with Gasteiger partial charge in [-0.05, 0) is 31.0 Å². The van der Waals surface area contributed by atoms with E-state index in [1.807, 2.05) is 28.1 Å². The highest BCUT2D eigenvalue weighted by molar-refractivity contribution is 5.80. The first-order chi connectivity index (χ1) is 15.2. The molecular formula is C23H25FN6O. The van der Waals surface area contributed by atoms with E-state index in [4.69, 9.17) is 0 Å².